The number of carbonyl (C=O) groups is 4. The third kappa shape index (κ3) is 73.3. The fourth-order valence-corrected chi connectivity index (χ4v) is 11.6. The fraction of sp³-hybridized carbons (Fsp3) is 0.663. The molecule has 0 radical (unpaired) electrons. The Bertz CT molecular complexity index is 2510. The van der Waals surface area contributed by atoms with E-state index in [1.54, 1.807) is 0 Å². The number of ether oxygens (including phenoxy) is 4. The third-order valence-electron chi connectivity index (χ3n) is 15.8. The first-order valence-electron chi connectivity index (χ1n) is 39.1. The number of aliphatic hydroxyl groups excluding tert-OH is 1. The number of allylic oxidation sites excluding steroid dienone is 24. The summed E-state index contributed by atoms with van der Waals surface area (Å²) < 4.78 is 68.4. The first-order valence-corrected chi connectivity index (χ1v) is 42.1. The molecular formula is C83H138O17P2. The SMILES string of the molecule is CC/C=C\C/C=C\C/C=C\C/C=C\C/C=C\C/C=C\CCC(=O)OCC(COP(=O)(O)OCC(O)COP(=O)(O)OCC(COC(=O)CCCCCCC/C=C\C/C=C\C/C=C\CC)OC(=O)CCCCCCCCCCCCCCC)OC(=O)CCCCCCC/C=C\C/C=C\C/C=C\CC. The molecule has 19 heteroatoms. The maximum Gasteiger partial charge on any atom is 0.472 e. The second-order valence-corrected chi connectivity index (χ2v) is 28.4. The quantitative estimate of drug-likeness (QED) is 0.0169. The van der Waals surface area contributed by atoms with Gasteiger partial charge in [-0.15, -0.1) is 0 Å². The molecule has 0 saturated heterocycles. The van der Waals surface area contributed by atoms with Crippen LogP contribution >= 0.6 is 15.6 Å². The molecule has 0 rings (SSSR count). The molecule has 3 N–H and O–H groups in total. The largest absolute Gasteiger partial charge is 0.472 e. The minimum Gasteiger partial charge on any atom is -0.462 e. The number of carbonyl (C=O) groups excluding carboxylic acids is 4. The van der Waals surface area contributed by atoms with Crippen LogP contribution in [0.4, 0.5) is 0 Å². The van der Waals surface area contributed by atoms with Crippen LogP contribution in [0.15, 0.2) is 146 Å². The lowest BCUT2D eigenvalue weighted by Gasteiger charge is -2.21. The molecular weight excluding hydrogens is 1330 g/mol. The number of phosphoric acid groups is 2. The number of hydrogen-bond donors (Lipinski definition) is 3. The molecule has 0 aliphatic carbocycles. The number of hydrogen-bond acceptors (Lipinski definition) is 15. The van der Waals surface area contributed by atoms with E-state index >= 15 is 0 Å². The van der Waals surface area contributed by atoms with Crippen LogP contribution in [0.2, 0.25) is 0 Å². The van der Waals surface area contributed by atoms with Crippen molar-refractivity contribution < 1.29 is 80.2 Å². The summed E-state index contributed by atoms with van der Waals surface area (Å²) in [5.74, 6) is -2.31. The molecule has 0 heterocycles. The Morgan fingerprint density at radius 1 is 0.284 bits per heavy atom. The molecule has 0 aliphatic heterocycles. The highest BCUT2D eigenvalue weighted by Gasteiger charge is 2.30. The zero-order valence-corrected chi connectivity index (χ0v) is 65.3. The summed E-state index contributed by atoms with van der Waals surface area (Å²) in [6.07, 6.45) is 84.2. The lowest BCUT2D eigenvalue weighted by Crippen LogP contribution is -2.30. The van der Waals surface area contributed by atoms with Gasteiger partial charge in [0, 0.05) is 25.7 Å². The second-order valence-electron chi connectivity index (χ2n) is 25.5. The molecule has 102 heavy (non-hydrogen) atoms. The number of rotatable bonds is 72. The van der Waals surface area contributed by atoms with Crippen molar-refractivity contribution >= 4 is 39.5 Å². The zero-order chi connectivity index (χ0) is 74.6. The van der Waals surface area contributed by atoms with E-state index in [4.69, 9.17) is 37.0 Å². The Kier molecular flexibility index (Phi) is 70.5. The van der Waals surface area contributed by atoms with E-state index in [0.29, 0.717) is 32.1 Å². The van der Waals surface area contributed by atoms with Crippen LogP contribution in [0.5, 0.6) is 0 Å². The summed E-state index contributed by atoms with van der Waals surface area (Å²) in [5.41, 5.74) is 0. The van der Waals surface area contributed by atoms with Crippen LogP contribution < -0.4 is 0 Å². The third-order valence-corrected chi connectivity index (χ3v) is 17.7. The Morgan fingerprint density at radius 2 is 0.529 bits per heavy atom. The topological polar surface area (TPSA) is 237 Å². The normalized spacial score (nSPS) is 14.7. The Hall–Kier alpha value is -5.06. The van der Waals surface area contributed by atoms with Gasteiger partial charge in [-0.25, -0.2) is 9.13 Å². The van der Waals surface area contributed by atoms with Crippen LogP contribution in [0.3, 0.4) is 0 Å². The molecule has 0 aromatic heterocycles. The number of phosphoric ester groups is 2. The lowest BCUT2D eigenvalue weighted by atomic mass is 10.0. The van der Waals surface area contributed by atoms with Gasteiger partial charge < -0.3 is 33.8 Å². The van der Waals surface area contributed by atoms with Crippen molar-refractivity contribution in [3.8, 4) is 0 Å². The van der Waals surface area contributed by atoms with E-state index in [0.717, 1.165) is 161 Å². The van der Waals surface area contributed by atoms with E-state index in [1.807, 2.05) is 18.2 Å². The van der Waals surface area contributed by atoms with Crippen molar-refractivity contribution in [1.29, 1.82) is 0 Å². The van der Waals surface area contributed by atoms with E-state index in [2.05, 4.69) is 155 Å². The van der Waals surface area contributed by atoms with Crippen LogP contribution in [0, 0.1) is 0 Å². The summed E-state index contributed by atoms with van der Waals surface area (Å²) in [5, 5.41) is 10.6. The van der Waals surface area contributed by atoms with E-state index < -0.39 is 97.5 Å². The first-order chi connectivity index (χ1) is 49.7. The smallest absolute Gasteiger partial charge is 0.462 e. The summed E-state index contributed by atoms with van der Waals surface area (Å²) in [6, 6.07) is 0. The van der Waals surface area contributed by atoms with Crippen molar-refractivity contribution in [2.24, 2.45) is 0 Å². The molecule has 0 amide bonds. The van der Waals surface area contributed by atoms with Gasteiger partial charge in [0.15, 0.2) is 12.2 Å². The van der Waals surface area contributed by atoms with Gasteiger partial charge in [0.05, 0.1) is 26.4 Å². The maximum atomic E-state index is 13.1. The Labute approximate surface area is 617 Å². The molecule has 0 saturated carbocycles. The second kappa shape index (κ2) is 74.2. The summed E-state index contributed by atoms with van der Waals surface area (Å²) >= 11 is 0. The van der Waals surface area contributed by atoms with Gasteiger partial charge in [0.25, 0.3) is 0 Å². The van der Waals surface area contributed by atoms with Gasteiger partial charge >= 0.3 is 39.5 Å². The predicted molar refractivity (Wildman–Crippen MR) is 417 cm³/mol. The minimum absolute atomic E-state index is 0.0282. The predicted octanol–water partition coefficient (Wildman–Crippen LogP) is 22.7. The van der Waals surface area contributed by atoms with Crippen LogP contribution in [0.1, 0.15) is 297 Å². The van der Waals surface area contributed by atoms with Gasteiger partial charge in [0.2, 0.25) is 0 Å². The van der Waals surface area contributed by atoms with Crippen molar-refractivity contribution in [1.82, 2.24) is 0 Å². The molecule has 5 atom stereocenters. The van der Waals surface area contributed by atoms with Gasteiger partial charge in [0.1, 0.15) is 19.3 Å². The van der Waals surface area contributed by atoms with E-state index in [-0.39, 0.29) is 25.7 Å². The average Bonchev–Trinajstić information content (AvgIpc) is 0.924. The minimum atomic E-state index is -5.00. The zero-order valence-electron chi connectivity index (χ0n) is 63.5. The standard InChI is InChI=1S/C83H138O17P2/c1-5-9-13-17-21-25-29-33-36-37-38-39-42-45-48-52-56-60-64-68-81(86)94-74-79(100-83(88)70-66-62-58-54-50-46-41-35-31-27-23-19-15-11-7-3)76-98-102(91,92)96-72-77(84)71-95-101(89,90)97-75-78(99-82(87)69-65-61-57-53-49-43-32-28-24-20-16-12-8-4)73-93-80(85)67-63-59-55-51-47-44-40-34-30-26-22-18-14-10-6-2/h9-11,13-15,21-23,25-27,33-36,38-41,45,48,56,60,77-79,84H,5-8,12,16-20,24,28-32,37,42-44,46-47,49-55,57-59,61-76H2,1-4H3,(H,89,90)(H,91,92)/b13-9-,14-10-,15-11-,25-21-,26-22-,27-23-,36-33-,39-38-,40-34-,41-35-,48-45-,60-56-. The maximum absolute atomic E-state index is 13.1. The van der Waals surface area contributed by atoms with Gasteiger partial charge in [-0.05, 0) is 128 Å². The molecule has 0 spiro atoms. The first kappa shape index (κ1) is 96.9. The molecule has 0 bridgehead atoms. The molecule has 17 nitrogen and oxygen atoms in total. The van der Waals surface area contributed by atoms with Crippen molar-refractivity contribution in [2.45, 2.75) is 316 Å². The molecule has 0 aliphatic rings. The monoisotopic (exact) mass is 1470 g/mol. The average molecular weight is 1470 g/mol. The van der Waals surface area contributed by atoms with Gasteiger partial charge in [-0.2, -0.15) is 0 Å². The van der Waals surface area contributed by atoms with E-state index in [1.165, 1.54) is 51.4 Å². The fourth-order valence-electron chi connectivity index (χ4n) is 9.98. The van der Waals surface area contributed by atoms with Crippen LogP contribution in [-0.2, 0) is 65.4 Å². The van der Waals surface area contributed by atoms with Crippen LogP contribution in [0.25, 0.3) is 0 Å². The Morgan fingerprint density at radius 3 is 0.843 bits per heavy atom. The van der Waals surface area contributed by atoms with Crippen molar-refractivity contribution in [3.63, 3.8) is 0 Å². The highest BCUT2D eigenvalue weighted by atomic mass is 31.2. The highest BCUT2D eigenvalue weighted by molar-refractivity contribution is 7.47. The molecule has 0 aromatic carbocycles. The number of aliphatic hydroxyl groups is 1. The van der Waals surface area contributed by atoms with E-state index in [9.17, 15) is 43.2 Å². The molecule has 582 valence electrons. The van der Waals surface area contributed by atoms with Crippen LogP contribution in [-0.4, -0.2) is 96.7 Å². The summed E-state index contributed by atoms with van der Waals surface area (Å²) in [4.78, 5) is 72.9. The highest BCUT2D eigenvalue weighted by Crippen LogP contribution is 2.45. The molecule has 0 aromatic rings. The number of esters is 4. The van der Waals surface area contributed by atoms with Gasteiger partial charge in [-0.1, -0.05) is 289 Å². The van der Waals surface area contributed by atoms with Crippen molar-refractivity contribution in [3.05, 3.63) is 146 Å². The van der Waals surface area contributed by atoms with Gasteiger partial charge in [-0.3, -0.25) is 37.3 Å². The number of unbranched alkanes of at least 4 members (excludes halogenated alkanes) is 22. The van der Waals surface area contributed by atoms with Crippen molar-refractivity contribution in [2.75, 3.05) is 39.6 Å². The molecule has 0 fully saturated rings. The molecule has 5 unspecified atom stereocenters. The summed E-state index contributed by atoms with van der Waals surface area (Å²) in [6.45, 7) is 4.41. The lowest BCUT2D eigenvalue weighted by molar-refractivity contribution is -0.161. The summed E-state index contributed by atoms with van der Waals surface area (Å²) in [7, 11) is -9.99. The Balaban J connectivity index is 5.44.